The van der Waals surface area contributed by atoms with E-state index in [0.29, 0.717) is 4.47 Å². The van der Waals surface area contributed by atoms with E-state index >= 15 is 0 Å². The van der Waals surface area contributed by atoms with Gasteiger partial charge in [0.25, 0.3) is 5.91 Å². The molecule has 0 spiro atoms. The molecule has 0 saturated carbocycles. The zero-order chi connectivity index (χ0) is 18.4. The molecule has 1 N–H and O–H groups in total. The van der Waals surface area contributed by atoms with Crippen LogP contribution < -0.4 is 14.8 Å². The third kappa shape index (κ3) is 6.26. The molecule has 0 fully saturated rings. The van der Waals surface area contributed by atoms with Crippen LogP contribution in [0.2, 0.25) is 0 Å². The second kappa shape index (κ2) is 8.19. The molecule has 0 aliphatic rings. The van der Waals surface area contributed by atoms with E-state index in [2.05, 4.69) is 26.0 Å². The Morgan fingerprint density at radius 2 is 1.80 bits per heavy atom. The van der Waals surface area contributed by atoms with Crippen LogP contribution in [-0.4, -0.2) is 25.3 Å². The quantitative estimate of drug-likeness (QED) is 0.696. The monoisotopic (exact) mass is 421 g/mol. The summed E-state index contributed by atoms with van der Waals surface area (Å²) < 4.78 is 60.5. The van der Waals surface area contributed by atoms with Crippen molar-refractivity contribution >= 4 is 27.5 Å². The van der Waals surface area contributed by atoms with Crippen LogP contribution in [-0.2, 0) is 4.79 Å². The lowest BCUT2D eigenvalue weighted by atomic mass is 10.3. The molecule has 0 heterocycles. The van der Waals surface area contributed by atoms with Crippen LogP contribution >= 0.6 is 15.9 Å². The summed E-state index contributed by atoms with van der Waals surface area (Å²) >= 11 is 3.09. The van der Waals surface area contributed by atoms with Crippen molar-refractivity contribution in [2.24, 2.45) is 0 Å². The number of hydrogen-bond acceptors (Lipinski definition) is 3. The Bertz CT molecular complexity index is 752. The molecule has 25 heavy (non-hydrogen) atoms. The van der Waals surface area contributed by atoms with Gasteiger partial charge >= 0.3 is 6.18 Å². The molecule has 4 nitrogen and oxygen atoms in total. The van der Waals surface area contributed by atoms with Crippen molar-refractivity contribution in [1.82, 2.24) is 0 Å². The average Bonchev–Trinajstić information content (AvgIpc) is 2.52. The van der Waals surface area contributed by atoms with E-state index in [1.54, 1.807) is 0 Å². The van der Waals surface area contributed by atoms with Gasteiger partial charge in [0.1, 0.15) is 5.75 Å². The Morgan fingerprint density at radius 3 is 2.48 bits per heavy atom. The SMILES string of the molecule is O=C(COc1ccc(Br)cc1F)Nc1ccccc1OCC(F)(F)F. The van der Waals surface area contributed by atoms with Crippen molar-refractivity contribution in [3.8, 4) is 11.5 Å². The minimum atomic E-state index is -4.50. The minimum absolute atomic E-state index is 0.0524. The molecule has 2 aromatic rings. The molecule has 0 aliphatic heterocycles. The first-order chi connectivity index (χ1) is 11.7. The number of hydrogen-bond donors (Lipinski definition) is 1. The van der Waals surface area contributed by atoms with E-state index in [4.69, 9.17) is 4.74 Å². The van der Waals surface area contributed by atoms with Gasteiger partial charge < -0.3 is 14.8 Å². The van der Waals surface area contributed by atoms with E-state index in [1.165, 1.54) is 42.5 Å². The number of anilines is 1. The summed E-state index contributed by atoms with van der Waals surface area (Å²) in [6.07, 6.45) is -4.50. The van der Waals surface area contributed by atoms with Crippen molar-refractivity contribution in [3.05, 3.63) is 52.8 Å². The van der Waals surface area contributed by atoms with Crippen molar-refractivity contribution in [3.63, 3.8) is 0 Å². The highest BCUT2D eigenvalue weighted by molar-refractivity contribution is 9.10. The Kier molecular flexibility index (Phi) is 6.24. The summed E-state index contributed by atoms with van der Waals surface area (Å²) in [7, 11) is 0. The average molecular weight is 422 g/mol. The normalized spacial score (nSPS) is 11.1. The van der Waals surface area contributed by atoms with Crippen molar-refractivity contribution in [2.45, 2.75) is 6.18 Å². The van der Waals surface area contributed by atoms with Gasteiger partial charge in [-0.05, 0) is 30.3 Å². The van der Waals surface area contributed by atoms with Crippen LogP contribution in [0.4, 0.5) is 23.2 Å². The zero-order valence-corrected chi connectivity index (χ0v) is 14.2. The fourth-order valence-electron chi connectivity index (χ4n) is 1.78. The predicted octanol–water partition coefficient (Wildman–Crippen LogP) is 4.55. The minimum Gasteiger partial charge on any atom is -0.482 e. The fourth-order valence-corrected chi connectivity index (χ4v) is 2.11. The number of nitrogens with one attached hydrogen (secondary N) is 1. The van der Waals surface area contributed by atoms with Crippen LogP contribution in [0.15, 0.2) is 46.9 Å². The molecule has 1 amide bonds. The molecule has 2 aromatic carbocycles. The molecule has 9 heteroatoms. The molecular formula is C16H12BrF4NO3. The van der Waals surface area contributed by atoms with Gasteiger partial charge in [-0.2, -0.15) is 13.2 Å². The molecule has 0 radical (unpaired) electrons. The summed E-state index contributed by atoms with van der Waals surface area (Å²) in [4.78, 5) is 11.9. The Balaban J connectivity index is 1.96. The van der Waals surface area contributed by atoms with Gasteiger partial charge in [-0.15, -0.1) is 0 Å². The van der Waals surface area contributed by atoms with E-state index in [-0.39, 0.29) is 17.2 Å². The van der Waals surface area contributed by atoms with Crippen LogP contribution in [0.5, 0.6) is 11.5 Å². The Hall–Kier alpha value is -2.29. The number of ether oxygens (including phenoxy) is 2. The lowest BCUT2D eigenvalue weighted by Gasteiger charge is -2.14. The Labute approximate surface area is 148 Å². The van der Waals surface area contributed by atoms with Crippen molar-refractivity contribution in [2.75, 3.05) is 18.5 Å². The number of carbonyl (C=O) groups is 1. The van der Waals surface area contributed by atoms with Gasteiger partial charge in [0.05, 0.1) is 5.69 Å². The molecule has 134 valence electrons. The van der Waals surface area contributed by atoms with E-state index in [9.17, 15) is 22.4 Å². The van der Waals surface area contributed by atoms with Gasteiger partial charge in [0.15, 0.2) is 24.8 Å². The number of halogens is 5. The molecule has 0 aromatic heterocycles. The van der Waals surface area contributed by atoms with Crippen LogP contribution in [0.1, 0.15) is 0 Å². The number of para-hydroxylation sites is 2. The number of carbonyl (C=O) groups excluding carboxylic acids is 1. The van der Waals surface area contributed by atoms with Crippen LogP contribution in [0.3, 0.4) is 0 Å². The summed E-state index contributed by atoms with van der Waals surface area (Å²) in [6, 6.07) is 9.71. The number of rotatable bonds is 6. The summed E-state index contributed by atoms with van der Waals surface area (Å²) in [5.41, 5.74) is 0.0524. The lowest BCUT2D eigenvalue weighted by Crippen LogP contribution is -2.22. The first-order valence-electron chi connectivity index (χ1n) is 6.91. The maximum atomic E-state index is 13.6. The molecule has 0 aliphatic carbocycles. The topological polar surface area (TPSA) is 47.6 Å². The first kappa shape index (κ1) is 19.0. The lowest BCUT2D eigenvalue weighted by molar-refractivity contribution is -0.153. The second-order valence-electron chi connectivity index (χ2n) is 4.81. The van der Waals surface area contributed by atoms with Crippen LogP contribution in [0.25, 0.3) is 0 Å². The largest absolute Gasteiger partial charge is 0.482 e. The standard InChI is InChI=1S/C16H12BrF4NO3/c17-10-5-6-13(11(18)7-10)24-8-15(23)22-12-3-1-2-4-14(12)25-9-16(19,20)21/h1-7H,8-9H2,(H,22,23). The number of alkyl halides is 3. The molecule has 0 unspecified atom stereocenters. The van der Waals surface area contributed by atoms with Crippen molar-refractivity contribution in [1.29, 1.82) is 0 Å². The van der Waals surface area contributed by atoms with Gasteiger partial charge in [-0.25, -0.2) is 4.39 Å². The third-order valence-electron chi connectivity index (χ3n) is 2.81. The highest BCUT2D eigenvalue weighted by atomic mass is 79.9. The fraction of sp³-hybridized carbons (Fsp3) is 0.188. The van der Waals surface area contributed by atoms with Crippen LogP contribution in [0, 0.1) is 5.82 Å². The molecule has 0 atom stereocenters. The highest BCUT2D eigenvalue weighted by Gasteiger charge is 2.28. The number of amides is 1. The van der Waals surface area contributed by atoms with E-state index in [1.807, 2.05) is 0 Å². The molecule has 0 bridgehead atoms. The maximum Gasteiger partial charge on any atom is 0.422 e. The van der Waals surface area contributed by atoms with Gasteiger partial charge in [0.2, 0.25) is 0 Å². The third-order valence-corrected chi connectivity index (χ3v) is 3.30. The number of benzene rings is 2. The molecule has 0 saturated heterocycles. The maximum absolute atomic E-state index is 13.6. The summed E-state index contributed by atoms with van der Waals surface area (Å²) in [5, 5.41) is 2.36. The van der Waals surface area contributed by atoms with Gasteiger partial charge in [-0.3, -0.25) is 4.79 Å². The van der Waals surface area contributed by atoms with Crippen molar-refractivity contribution < 1.29 is 31.8 Å². The summed E-state index contributed by atoms with van der Waals surface area (Å²) in [6.45, 7) is -2.01. The second-order valence-corrected chi connectivity index (χ2v) is 5.73. The van der Waals surface area contributed by atoms with E-state index in [0.717, 1.165) is 0 Å². The zero-order valence-electron chi connectivity index (χ0n) is 12.6. The van der Waals surface area contributed by atoms with E-state index < -0.39 is 31.1 Å². The van der Waals surface area contributed by atoms with Gasteiger partial charge in [-0.1, -0.05) is 28.1 Å². The predicted molar refractivity (Wildman–Crippen MR) is 86.2 cm³/mol. The highest BCUT2D eigenvalue weighted by Crippen LogP contribution is 2.26. The smallest absolute Gasteiger partial charge is 0.422 e. The first-order valence-corrected chi connectivity index (χ1v) is 7.70. The summed E-state index contributed by atoms with van der Waals surface area (Å²) in [5.74, 6) is -1.59. The molecular weight excluding hydrogens is 410 g/mol. The Morgan fingerprint density at radius 1 is 1.08 bits per heavy atom. The molecule has 2 rings (SSSR count). The van der Waals surface area contributed by atoms with Gasteiger partial charge in [0, 0.05) is 4.47 Å².